The molecule has 0 amide bonds. The normalized spacial score (nSPS) is 12.7. The van der Waals surface area contributed by atoms with Crippen molar-refractivity contribution in [1.82, 2.24) is 15.1 Å². The first-order valence-corrected chi connectivity index (χ1v) is 6.85. The van der Waals surface area contributed by atoms with E-state index in [9.17, 15) is 0 Å². The minimum Gasteiger partial charge on any atom is -0.308 e. The van der Waals surface area contributed by atoms with E-state index in [-0.39, 0.29) is 6.04 Å². The zero-order valence-electron chi connectivity index (χ0n) is 12.5. The van der Waals surface area contributed by atoms with Crippen LogP contribution < -0.4 is 5.32 Å². The number of benzene rings is 1. The van der Waals surface area contributed by atoms with Crippen molar-refractivity contribution in [3.63, 3.8) is 0 Å². The SMILES string of the molecule is CCn1nc(C)cc1C(NC)c1ccc(C)cc1C. The number of aryl methyl sites for hydroxylation is 4. The van der Waals surface area contributed by atoms with Crippen LogP contribution in [0.1, 0.15) is 41.0 Å². The summed E-state index contributed by atoms with van der Waals surface area (Å²) in [7, 11) is 2.01. The topological polar surface area (TPSA) is 29.9 Å². The van der Waals surface area contributed by atoms with Crippen LogP contribution in [0.3, 0.4) is 0 Å². The Morgan fingerprint density at radius 3 is 2.53 bits per heavy atom. The van der Waals surface area contributed by atoms with E-state index in [0.717, 1.165) is 12.2 Å². The van der Waals surface area contributed by atoms with Crippen LogP contribution in [0.4, 0.5) is 0 Å². The second kappa shape index (κ2) is 5.57. The van der Waals surface area contributed by atoms with E-state index in [1.165, 1.54) is 22.4 Å². The maximum Gasteiger partial charge on any atom is 0.0748 e. The predicted molar refractivity (Wildman–Crippen MR) is 79.5 cm³/mol. The Labute approximate surface area is 115 Å². The molecule has 0 spiro atoms. The quantitative estimate of drug-likeness (QED) is 0.912. The summed E-state index contributed by atoms with van der Waals surface area (Å²) in [6.07, 6.45) is 0. The lowest BCUT2D eigenvalue weighted by atomic mass is 9.97. The van der Waals surface area contributed by atoms with Crippen LogP contribution in [0, 0.1) is 20.8 Å². The van der Waals surface area contributed by atoms with Gasteiger partial charge in [-0.05, 0) is 51.9 Å². The predicted octanol–water partition coefficient (Wildman–Crippen LogP) is 3.14. The zero-order chi connectivity index (χ0) is 14.0. The van der Waals surface area contributed by atoms with Crippen LogP contribution in [-0.2, 0) is 6.54 Å². The summed E-state index contributed by atoms with van der Waals surface area (Å²) in [4.78, 5) is 0. The molecule has 0 bridgehead atoms. The molecule has 0 saturated heterocycles. The van der Waals surface area contributed by atoms with E-state index in [4.69, 9.17) is 0 Å². The van der Waals surface area contributed by atoms with Crippen LogP contribution in [0.5, 0.6) is 0 Å². The summed E-state index contributed by atoms with van der Waals surface area (Å²) in [5, 5.41) is 7.97. The third-order valence-corrected chi connectivity index (χ3v) is 3.55. The molecule has 1 aromatic heterocycles. The van der Waals surface area contributed by atoms with Crippen molar-refractivity contribution in [3.05, 3.63) is 52.3 Å². The highest BCUT2D eigenvalue weighted by Gasteiger charge is 2.18. The largest absolute Gasteiger partial charge is 0.308 e. The lowest BCUT2D eigenvalue weighted by Gasteiger charge is -2.20. The van der Waals surface area contributed by atoms with Crippen LogP contribution >= 0.6 is 0 Å². The average molecular weight is 257 g/mol. The highest BCUT2D eigenvalue weighted by atomic mass is 15.3. The summed E-state index contributed by atoms with van der Waals surface area (Å²) in [6.45, 7) is 9.37. The van der Waals surface area contributed by atoms with E-state index in [1.807, 2.05) is 14.0 Å². The van der Waals surface area contributed by atoms with Gasteiger partial charge in [-0.3, -0.25) is 4.68 Å². The molecule has 0 aliphatic carbocycles. The Kier molecular flexibility index (Phi) is 4.05. The Morgan fingerprint density at radius 2 is 1.95 bits per heavy atom. The number of nitrogens with one attached hydrogen (secondary N) is 1. The summed E-state index contributed by atoms with van der Waals surface area (Å²) >= 11 is 0. The molecule has 3 heteroatoms. The van der Waals surface area contributed by atoms with Gasteiger partial charge in [0.15, 0.2) is 0 Å². The van der Waals surface area contributed by atoms with Gasteiger partial charge >= 0.3 is 0 Å². The van der Waals surface area contributed by atoms with Gasteiger partial charge < -0.3 is 5.32 Å². The molecular formula is C16H23N3. The maximum absolute atomic E-state index is 4.55. The number of aromatic nitrogens is 2. The van der Waals surface area contributed by atoms with Gasteiger partial charge in [0.25, 0.3) is 0 Å². The Bertz CT molecular complexity index is 569. The van der Waals surface area contributed by atoms with Crippen LogP contribution in [0.15, 0.2) is 24.3 Å². The maximum atomic E-state index is 4.55. The monoisotopic (exact) mass is 257 g/mol. The average Bonchev–Trinajstić information content (AvgIpc) is 2.74. The van der Waals surface area contributed by atoms with Crippen molar-refractivity contribution in [2.24, 2.45) is 0 Å². The zero-order valence-corrected chi connectivity index (χ0v) is 12.5. The van der Waals surface area contributed by atoms with Crippen LogP contribution in [0.25, 0.3) is 0 Å². The van der Waals surface area contributed by atoms with Crippen molar-refractivity contribution in [1.29, 1.82) is 0 Å². The highest BCUT2D eigenvalue weighted by molar-refractivity contribution is 5.37. The molecule has 2 aromatic rings. The van der Waals surface area contributed by atoms with Crippen molar-refractivity contribution < 1.29 is 0 Å². The molecule has 2 rings (SSSR count). The van der Waals surface area contributed by atoms with Crippen LogP contribution in [-0.4, -0.2) is 16.8 Å². The van der Waals surface area contributed by atoms with E-state index in [0.29, 0.717) is 0 Å². The van der Waals surface area contributed by atoms with Gasteiger partial charge in [-0.2, -0.15) is 5.10 Å². The molecule has 1 N–H and O–H groups in total. The molecule has 1 aromatic carbocycles. The minimum absolute atomic E-state index is 0.196. The molecule has 0 aliphatic heterocycles. The highest BCUT2D eigenvalue weighted by Crippen LogP contribution is 2.26. The van der Waals surface area contributed by atoms with Gasteiger partial charge in [-0.25, -0.2) is 0 Å². The minimum atomic E-state index is 0.196. The summed E-state index contributed by atoms with van der Waals surface area (Å²) < 4.78 is 2.08. The first kappa shape index (κ1) is 13.8. The lowest BCUT2D eigenvalue weighted by Crippen LogP contribution is -2.22. The third kappa shape index (κ3) is 2.71. The van der Waals surface area contributed by atoms with E-state index in [2.05, 4.69) is 60.1 Å². The Morgan fingerprint density at radius 1 is 1.21 bits per heavy atom. The molecule has 3 nitrogen and oxygen atoms in total. The van der Waals surface area contributed by atoms with Crippen molar-refractivity contribution in [2.45, 2.75) is 40.3 Å². The van der Waals surface area contributed by atoms with Crippen LogP contribution in [0.2, 0.25) is 0 Å². The molecule has 102 valence electrons. The first-order valence-electron chi connectivity index (χ1n) is 6.85. The number of hydrogen-bond donors (Lipinski definition) is 1. The molecular weight excluding hydrogens is 234 g/mol. The van der Waals surface area contributed by atoms with Crippen molar-refractivity contribution in [2.75, 3.05) is 7.05 Å². The summed E-state index contributed by atoms with van der Waals surface area (Å²) in [5.74, 6) is 0. The van der Waals surface area contributed by atoms with Crippen molar-refractivity contribution in [3.8, 4) is 0 Å². The first-order chi connectivity index (χ1) is 9.06. The Hall–Kier alpha value is -1.61. The van der Waals surface area contributed by atoms with Crippen molar-refractivity contribution >= 4 is 0 Å². The van der Waals surface area contributed by atoms with E-state index < -0.39 is 0 Å². The smallest absolute Gasteiger partial charge is 0.0748 e. The molecule has 0 fully saturated rings. The molecule has 0 radical (unpaired) electrons. The van der Waals surface area contributed by atoms with Gasteiger partial charge in [0.05, 0.1) is 17.4 Å². The fraction of sp³-hybridized carbons (Fsp3) is 0.438. The molecule has 1 atom stereocenters. The second-order valence-electron chi connectivity index (χ2n) is 5.11. The molecule has 0 saturated carbocycles. The molecule has 1 unspecified atom stereocenters. The number of hydrogen-bond acceptors (Lipinski definition) is 2. The van der Waals surface area contributed by atoms with Gasteiger partial charge in [-0.1, -0.05) is 23.8 Å². The fourth-order valence-electron chi connectivity index (χ4n) is 2.66. The molecule has 19 heavy (non-hydrogen) atoms. The number of nitrogens with zero attached hydrogens (tertiary/aromatic N) is 2. The van der Waals surface area contributed by atoms with E-state index in [1.54, 1.807) is 0 Å². The Balaban J connectivity index is 2.49. The van der Waals surface area contributed by atoms with E-state index >= 15 is 0 Å². The summed E-state index contributed by atoms with van der Waals surface area (Å²) in [5.41, 5.74) is 6.25. The van der Waals surface area contributed by atoms with Gasteiger partial charge in [0, 0.05) is 6.54 Å². The molecule has 0 aliphatic rings. The van der Waals surface area contributed by atoms with Gasteiger partial charge in [0.1, 0.15) is 0 Å². The van der Waals surface area contributed by atoms with Gasteiger partial charge in [-0.15, -0.1) is 0 Å². The molecule has 1 heterocycles. The summed E-state index contributed by atoms with van der Waals surface area (Å²) in [6, 6.07) is 8.99. The standard InChI is InChI=1S/C16H23N3/c1-6-19-15(10-13(4)18-19)16(17-5)14-8-7-11(2)9-12(14)3/h7-10,16-17H,6H2,1-5H3. The number of rotatable bonds is 4. The third-order valence-electron chi connectivity index (χ3n) is 3.55. The second-order valence-corrected chi connectivity index (χ2v) is 5.11. The van der Waals surface area contributed by atoms with Gasteiger partial charge in [0.2, 0.25) is 0 Å². The lowest BCUT2D eigenvalue weighted by molar-refractivity contribution is 0.560. The fourth-order valence-corrected chi connectivity index (χ4v) is 2.66.